The van der Waals surface area contributed by atoms with Crippen LogP contribution < -0.4 is 4.74 Å². The Kier molecular flexibility index (Phi) is 13.0. The number of ether oxygens (including phenoxy) is 1. The molecule has 2 N–H and O–H groups in total. The predicted octanol–water partition coefficient (Wildman–Crippen LogP) is 5.28. The Morgan fingerprint density at radius 1 is 1.14 bits per heavy atom. The van der Waals surface area contributed by atoms with Crippen molar-refractivity contribution in [3.63, 3.8) is 0 Å². The number of hydrogen-bond donors (Lipinski definition) is 0. The van der Waals surface area contributed by atoms with Gasteiger partial charge in [0.15, 0.2) is 0 Å². The molecule has 2 heteroatoms. The van der Waals surface area contributed by atoms with Gasteiger partial charge in [0.2, 0.25) is 0 Å². The molecule has 2 nitrogen and oxygen atoms in total. The summed E-state index contributed by atoms with van der Waals surface area (Å²) in [6.07, 6.45) is 6.99. The molecule has 1 saturated carbocycles. The molecule has 1 fully saturated rings. The summed E-state index contributed by atoms with van der Waals surface area (Å²) in [5, 5.41) is 7.38. The summed E-state index contributed by atoms with van der Waals surface area (Å²) in [5.41, 5.74) is 0. The molecule has 1 aliphatic carbocycles. The molecule has 0 aromatic heterocycles. The molecule has 0 amide bonds. The highest BCUT2D eigenvalue weighted by Gasteiger charge is 2.22. The molecule has 0 bridgehead atoms. The lowest BCUT2D eigenvalue weighted by atomic mass is 9.85. The summed E-state index contributed by atoms with van der Waals surface area (Å²) in [7, 11) is 1.66. The fourth-order valence-electron chi connectivity index (χ4n) is 2.89. The normalized spacial score (nSPS) is 22.1. The molecule has 1 aromatic carbocycles. The van der Waals surface area contributed by atoms with E-state index in [2.05, 4.69) is 13.8 Å². The van der Waals surface area contributed by atoms with Gasteiger partial charge < -0.3 is 9.84 Å². The van der Waals surface area contributed by atoms with E-state index in [0.717, 1.165) is 17.6 Å². The minimum atomic E-state index is 0.622. The molecule has 0 spiro atoms. The van der Waals surface area contributed by atoms with Crippen LogP contribution >= 0.6 is 0 Å². The van der Waals surface area contributed by atoms with Crippen LogP contribution in [0.3, 0.4) is 0 Å². The molecule has 128 valence electrons. The predicted molar refractivity (Wildman–Crippen MR) is 97.7 cm³/mol. The van der Waals surface area contributed by atoms with E-state index in [1.165, 1.54) is 32.1 Å². The van der Waals surface area contributed by atoms with E-state index in [0.29, 0.717) is 12.5 Å². The van der Waals surface area contributed by atoms with Crippen molar-refractivity contribution in [3.8, 4) is 5.75 Å². The van der Waals surface area contributed by atoms with Gasteiger partial charge >= 0.3 is 0 Å². The van der Waals surface area contributed by atoms with Gasteiger partial charge in [0.25, 0.3) is 0 Å². The first kappa shape index (κ1) is 21.0. The van der Waals surface area contributed by atoms with Crippen LogP contribution in [-0.4, -0.2) is 18.8 Å². The van der Waals surface area contributed by atoms with E-state index >= 15 is 0 Å². The second-order valence-corrected chi connectivity index (χ2v) is 6.08. The minimum absolute atomic E-state index is 0.622. The highest BCUT2D eigenvalue weighted by Crippen LogP contribution is 2.31. The molecular formula is C20H37O2+. The van der Waals surface area contributed by atoms with Crippen LogP contribution in [0.4, 0.5) is 0 Å². The van der Waals surface area contributed by atoms with Crippen molar-refractivity contribution in [2.24, 2.45) is 17.8 Å². The van der Waals surface area contributed by atoms with Gasteiger partial charge in [-0.1, -0.05) is 65.2 Å². The molecule has 3 atom stereocenters. The first-order valence-corrected chi connectivity index (χ1v) is 8.91. The maximum atomic E-state index is 7.38. The lowest BCUT2D eigenvalue weighted by Gasteiger charge is -2.20. The van der Waals surface area contributed by atoms with Crippen molar-refractivity contribution >= 4 is 0 Å². The number of rotatable bonds is 3. The number of para-hydroxylation sites is 1. The van der Waals surface area contributed by atoms with Gasteiger partial charge in [-0.15, -0.1) is 0 Å². The van der Waals surface area contributed by atoms with Gasteiger partial charge in [0, 0.05) is 5.92 Å². The quantitative estimate of drug-likeness (QED) is 0.552. The Bertz CT molecular complexity index is 337. The molecular weight excluding hydrogens is 272 g/mol. The second kappa shape index (κ2) is 13.6. The summed E-state index contributed by atoms with van der Waals surface area (Å²) in [6.45, 7) is 9.24. The average molecular weight is 310 g/mol. The summed E-state index contributed by atoms with van der Waals surface area (Å²) in [6, 6.07) is 9.68. The zero-order valence-corrected chi connectivity index (χ0v) is 15.3. The van der Waals surface area contributed by atoms with Crippen LogP contribution in [0.15, 0.2) is 30.3 Å². The summed E-state index contributed by atoms with van der Waals surface area (Å²) in [5.74, 6) is 3.30. The fourth-order valence-corrected chi connectivity index (χ4v) is 2.89. The maximum absolute atomic E-state index is 7.38. The summed E-state index contributed by atoms with van der Waals surface area (Å²) < 4.78 is 4.91. The largest absolute Gasteiger partial charge is 0.497 e. The van der Waals surface area contributed by atoms with Crippen molar-refractivity contribution in [1.29, 1.82) is 0 Å². The number of benzene rings is 1. The van der Waals surface area contributed by atoms with Crippen LogP contribution in [-0.2, 0) is 0 Å². The van der Waals surface area contributed by atoms with E-state index in [9.17, 15) is 0 Å². The maximum Gasteiger partial charge on any atom is 0.146 e. The molecule has 1 aromatic rings. The molecule has 0 aliphatic heterocycles. The standard InChI is InChI=1S/C11H22O.C7H8O.C2H6/c1-9-5-3-4-6-11(7-9)10(2)8-12;1-8-7-5-3-2-4-6-7;1-2/h9-12H,3-8H2,1-2H3;2-6H,1H3;1-2H3/p+1/t9-,10+,11+;;/m1../s1. The van der Waals surface area contributed by atoms with Crippen molar-refractivity contribution in [2.45, 2.75) is 59.8 Å². The Hall–Kier alpha value is -1.02. The smallest absolute Gasteiger partial charge is 0.146 e. The molecule has 0 radical (unpaired) electrons. The molecule has 1 aliphatic rings. The van der Waals surface area contributed by atoms with E-state index in [1.54, 1.807) is 7.11 Å². The zero-order chi connectivity index (χ0) is 16.8. The van der Waals surface area contributed by atoms with Gasteiger partial charge in [-0.2, -0.15) is 0 Å². The van der Waals surface area contributed by atoms with Gasteiger partial charge in [0.1, 0.15) is 12.4 Å². The fraction of sp³-hybridized carbons (Fsp3) is 0.700. The van der Waals surface area contributed by atoms with Gasteiger partial charge in [-0.25, -0.2) is 0 Å². The highest BCUT2D eigenvalue weighted by molar-refractivity contribution is 5.20. The minimum Gasteiger partial charge on any atom is -0.497 e. The van der Waals surface area contributed by atoms with Crippen molar-refractivity contribution in [2.75, 3.05) is 13.7 Å². The number of methoxy groups -OCH3 is 1. The molecule has 0 unspecified atom stereocenters. The topological polar surface area (TPSA) is 32.1 Å². The van der Waals surface area contributed by atoms with Crippen LogP contribution in [0.5, 0.6) is 5.75 Å². The van der Waals surface area contributed by atoms with Crippen molar-refractivity contribution in [3.05, 3.63) is 30.3 Å². The Balaban J connectivity index is 0.000000382. The third-order valence-electron chi connectivity index (χ3n) is 4.33. The third kappa shape index (κ3) is 9.09. The van der Waals surface area contributed by atoms with Crippen molar-refractivity contribution < 1.29 is 9.84 Å². The van der Waals surface area contributed by atoms with Crippen LogP contribution in [0, 0.1) is 17.8 Å². The first-order valence-electron chi connectivity index (χ1n) is 8.91. The molecule has 2 rings (SSSR count). The van der Waals surface area contributed by atoms with E-state index < -0.39 is 0 Å². The molecule has 0 saturated heterocycles. The Labute approximate surface area is 137 Å². The first-order chi connectivity index (χ1) is 10.7. The Morgan fingerprint density at radius 3 is 2.23 bits per heavy atom. The molecule has 22 heavy (non-hydrogen) atoms. The third-order valence-corrected chi connectivity index (χ3v) is 4.33. The highest BCUT2D eigenvalue weighted by atomic mass is 16.5. The van der Waals surface area contributed by atoms with Crippen LogP contribution in [0.1, 0.15) is 59.8 Å². The lowest BCUT2D eigenvalue weighted by molar-refractivity contribution is 0.170. The lowest BCUT2D eigenvalue weighted by Crippen LogP contribution is -2.16. The Morgan fingerprint density at radius 2 is 1.73 bits per heavy atom. The summed E-state index contributed by atoms with van der Waals surface area (Å²) in [4.78, 5) is 0. The zero-order valence-electron chi connectivity index (χ0n) is 15.3. The van der Waals surface area contributed by atoms with E-state index in [4.69, 9.17) is 9.84 Å². The average Bonchev–Trinajstić information content (AvgIpc) is 2.82. The SMILES string of the molecule is CC.COc1ccccc1.C[C@@H]1CCCC[C@H]([C@@H](C)C[OH2+])C1. The molecule has 0 heterocycles. The van der Waals surface area contributed by atoms with E-state index in [-0.39, 0.29) is 0 Å². The number of hydrogen-bond acceptors (Lipinski definition) is 1. The van der Waals surface area contributed by atoms with Gasteiger partial charge in [-0.05, 0) is 36.8 Å². The van der Waals surface area contributed by atoms with Gasteiger partial charge in [-0.3, -0.25) is 0 Å². The van der Waals surface area contributed by atoms with Gasteiger partial charge in [0.05, 0.1) is 7.11 Å². The van der Waals surface area contributed by atoms with Crippen molar-refractivity contribution in [1.82, 2.24) is 0 Å². The summed E-state index contributed by atoms with van der Waals surface area (Å²) >= 11 is 0. The second-order valence-electron chi connectivity index (χ2n) is 6.08. The van der Waals surface area contributed by atoms with Crippen LogP contribution in [0.25, 0.3) is 0 Å². The monoisotopic (exact) mass is 309 g/mol. The van der Waals surface area contributed by atoms with Crippen LogP contribution in [0.2, 0.25) is 0 Å². The van der Waals surface area contributed by atoms with E-state index in [1.807, 2.05) is 44.2 Å².